The summed E-state index contributed by atoms with van der Waals surface area (Å²) in [6.45, 7) is 7.37. The maximum absolute atomic E-state index is 2.46. The molecule has 2 atom stereocenters. The van der Waals surface area contributed by atoms with Crippen LogP contribution in [-0.4, -0.2) is 11.3 Å². The lowest BCUT2D eigenvalue weighted by molar-refractivity contribution is 0.247. The molecule has 178 valence electrons. The highest BCUT2D eigenvalue weighted by atomic mass is 31.1. The molecule has 0 nitrogen and oxygen atoms in total. The van der Waals surface area contributed by atoms with Gasteiger partial charge in [-0.1, -0.05) is 142 Å². The Morgan fingerprint density at radius 1 is 0.457 bits per heavy atom. The van der Waals surface area contributed by atoms with Crippen molar-refractivity contribution >= 4 is 37.1 Å². The van der Waals surface area contributed by atoms with Gasteiger partial charge in [-0.2, -0.15) is 0 Å². The average Bonchev–Trinajstić information content (AvgIpc) is 3.32. The predicted molar refractivity (Wildman–Crippen MR) is 158 cm³/mol. The monoisotopic (exact) mass is 494 g/mol. The van der Waals surface area contributed by atoms with Gasteiger partial charge in [-0.25, -0.2) is 0 Å². The van der Waals surface area contributed by atoms with Crippen LogP contribution in [0, 0.1) is 11.3 Å². The molecule has 4 aromatic carbocycles. The lowest BCUT2D eigenvalue weighted by Gasteiger charge is -2.35. The average molecular weight is 495 g/mol. The maximum Gasteiger partial charge on any atom is -0.00522 e. The summed E-state index contributed by atoms with van der Waals surface area (Å²) in [7, 11) is -0.924. The molecule has 0 spiro atoms. The van der Waals surface area contributed by atoms with Crippen molar-refractivity contribution in [2.24, 2.45) is 11.3 Å². The first-order chi connectivity index (χ1) is 17.0. The molecule has 1 saturated carbocycles. The molecular weight excluding hydrogens is 458 g/mol. The fraction of sp³-hybridized carbons (Fsp3) is 0.273. The molecule has 2 heteroatoms. The van der Waals surface area contributed by atoms with Crippen molar-refractivity contribution in [2.45, 2.75) is 44.9 Å². The van der Waals surface area contributed by atoms with Crippen LogP contribution in [0.25, 0.3) is 0 Å². The third-order valence-electron chi connectivity index (χ3n) is 7.52. The Kier molecular flexibility index (Phi) is 7.53. The quantitative estimate of drug-likeness (QED) is 0.244. The summed E-state index contributed by atoms with van der Waals surface area (Å²) in [5.41, 5.74) is 1.63. The minimum atomic E-state index is -0.462. The number of benzene rings is 4. The van der Waals surface area contributed by atoms with Crippen molar-refractivity contribution in [3.8, 4) is 0 Å². The Labute approximate surface area is 214 Å². The molecule has 35 heavy (non-hydrogen) atoms. The SMILES string of the molecule is CC(C)(C)C1CC(P(c2ccccc2)c2ccccc2)C(P(c2ccccc2)c2ccccc2)C1. The Morgan fingerprint density at radius 2 is 0.714 bits per heavy atom. The summed E-state index contributed by atoms with van der Waals surface area (Å²) in [5, 5.41) is 6.09. The first kappa shape index (κ1) is 24.4. The van der Waals surface area contributed by atoms with Crippen LogP contribution < -0.4 is 21.2 Å². The highest BCUT2D eigenvalue weighted by molar-refractivity contribution is 7.77. The molecule has 0 aromatic heterocycles. The first-order valence-electron chi connectivity index (χ1n) is 12.8. The van der Waals surface area contributed by atoms with Crippen molar-refractivity contribution in [1.82, 2.24) is 0 Å². The van der Waals surface area contributed by atoms with E-state index in [1.165, 1.54) is 34.1 Å². The van der Waals surface area contributed by atoms with Crippen molar-refractivity contribution in [2.75, 3.05) is 0 Å². The molecule has 0 amide bonds. The smallest absolute Gasteiger partial charge is 0.00522 e. The van der Waals surface area contributed by atoms with Gasteiger partial charge >= 0.3 is 0 Å². The van der Waals surface area contributed by atoms with Crippen LogP contribution in [0.15, 0.2) is 121 Å². The third kappa shape index (κ3) is 5.45. The van der Waals surface area contributed by atoms with E-state index in [0.29, 0.717) is 16.7 Å². The molecule has 1 aliphatic carbocycles. The lowest BCUT2D eigenvalue weighted by atomic mass is 9.80. The van der Waals surface area contributed by atoms with Crippen molar-refractivity contribution in [3.05, 3.63) is 121 Å². The van der Waals surface area contributed by atoms with Gasteiger partial charge in [0.2, 0.25) is 0 Å². The molecule has 1 aliphatic rings. The molecule has 0 saturated heterocycles. The molecule has 1 fully saturated rings. The number of hydrogen-bond acceptors (Lipinski definition) is 0. The van der Waals surface area contributed by atoms with Crippen LogP contribution in [0.2, 0.25) is 0 Å². The lowest BCUT2D eigenvalue weighted by Crippen LogP contribution is -2.31. The highest BCUT2D eigenvalue weighted by Gasteiger charge is 2.47. The molecule has 0 N–H and O–H groups in total. The summed E-state index contributed by atoms with van der Waals surface area (Å²) in [5.74, 6) is 0.729. The van der Waals surface area contributed by atoms with Crippen LogP contribution in [0.5, 0.6) is 0 Å². The Morgan fingerprint density at radius 3 is 0.943 bits per heavy atom. The van der Waals surface area contributed by atoms with Gasteiger partial charge in [0.15, 0.2) is 0 Å². The van der Waals surface area contributed by atoms with Gasteiger partial charge in [0.1, 0.15) is 0 Å². The Bertz CT molecular complexity index is 1010. The van der Waals surface area contributed by atoms with Crippen molar-refractivity contribution in [3.63, 3.8) is 0 Å². The third-order valence-corrected chi connectivity index (χ3v) is 13.6. The first-order valence-corrected chi connectivity index (χ1v) is 15.6. The van der Waals surface area contributed by atoms with Crippen molar-refractivity contribution < 1.29 is 0 Å². The van der Waals surface area contributed by atoms with E-state index in [0.717, 1.165) is 5.92 Å². The standard InChI is InChI=1S/C33H36P2/c1-33(2,3)26-24-31(34(27-16-8-4-9-17-27)28-18-10-5-11-19-28)32(25-26)35(29-20-12-6-13-21-29)30-22-14-7-15-23-30/h4-23,26,31-32H,24-25H2,1-3H3. The molecule has 0 aliphatic heterocycles. The van der Waals surface area contributed by atoms with E-state index >= 15 is 0 Å². The fourth-order valence-corrected chi connectivity index (χ4v) is 12.4. The largest absolute Gasteiger partial charge is 0.0622 e. The van der Waals surface area contributed by atoms with Crippen LogP contribution in [-0.2, 0) is 0 Å². The van der Waals surface area contributed by atoms with Gasteiger partial charge in [0.25, 0.3) is 0 Å². The molecule has 0 bridgehead atoms. The zero-order chi connectivity index (χ0) is 24.3. The summed E-state index contributed by atoms with van der Waals surface area (Å²) >= 11 is 0. The number of rotatable bonds is 6. The maximum atomic E-state index is 2.46. The van der Waals surface area contributed by atoms with Gasteiger partial charge in [-0.15, -0.1) is 0 Å². The summed E-state index contributed by atoms with van der Waals surface area (Å²) < 4.78 is 0. The van der Waals surface area contributed by atoms with E-state index in [4.69, 9.17) is 0 Å². The Hall–Kier alpha value is -2.26. The van der Waals surface area contributed by atoms with E-state index in [1.54, 1.807) is 0 Å². The minimum Gasteiger partial charge on any atom is -0.0622 e. The summed E-state index contributed by atoms with van der Waals surface area (Å²) in [4.78, 5) is 0. The van der Waals surface area contributed by atoms with Gasteiger partial charge < -0.3 is 0 Å². The van der Waals surface area contributed by atoms with E-state index in [-0.39, 0.29) is 0 Å². The second kappa shape index (κ2) is 10.8. The van der Waals surface area contributed by atoms with Gasteiger partial charge in [-0.05, 0) is 72.6 Å². The highest BCUT2D eigenvalue weighted by Crippen LogP contribution is 2.61. The van der Waals surface area contributed by atoms with Gasteiger partial charge in [0, 0.05) is 0 Å². The van der Waals surface area contributed by atoms with Crippen molar-refractivity contribution in [1.29, 1.82) is 0 Å². The second-order valence-corrected chi connectivity index (χ2v) is 15.6. The normalized spacial score (nSPS) is 20.4. The van der Waals surface area contributed by atoms with Crippen LogP contribution in [0.3, 0.4) is 0 Å². The van der Waals surface area contributed by atoms with Crippen LogP contribution in [0.1, 0.15) is 33.6 Å². The van der Waals surface area contributed by atoms with E-state index in [2.05, 4.69) is 142 Å². The van der Waals surface area contributed by atoms with E-state index in [9.17, 15) is 0 Å². The number of hydrogen-bond donors (Lipinski definition) is 0. The molecular formula is C33H36P2. The molecule has 4 aromatic rings. The molecule has 2 unspecified atom stereocenters. The summed E-state index contributed by atoms with van der Waals surface area (Å²) in [6.07, 6.45) is 2.62. The van der Waals surface area contributed by atoms with E-state index in [1.807, 2.05) is 0 Å². The molecule has 5 rings (SSSR count). The second-order valence-electron chi connectivity index (χ2n) is 10.8. The summed E-state index contributed by atoms with van der Waals surface area (Å²) in [6, 6.07) is 45.6. The van der Waals surface area contributed by atoms with Gasteiger partial charge in [-0.3, -0.25) is 0 Å². The minimum absolute atomic E-state index is 0.315. The molecule has 0 heterocycles. The van der Waals surface area contributed by atoms with Gasteiger partial charge in [0.05, 0.1) is 0 Å². The topological polar surface area (TPSA) is 0 Å². The zero-order valence-corrected chi connectivity index (χ0v) is 22.9. The predicted octanol–water partition coefficient (Wildman–Crippen LogP) is 7.45. The fourth-order valence-electron chi connectivity index (χ4n) is 5.67. The zero-order valence-electron chi connectivity index (χ0n) is 21.1. The van der Waals surface area contributed by atoms with Crippen LogP contribution in [0.4, 0.5) is 0 Å². The Balaban J connectivity index is 1.67. The molecule has 0 radical (unpaired) electrons. The van der Waals surface area contributed by atoms with Crippen LogP contribution >= 0.6 is 15.8 Å². The van der Waals surface area contributed by atoms with E-state index < -0.39 is 15.8 Å².